The van der Waals surface area contributed by atoms with Crippen LogP contribution in [0.25, 0.3) is 0 Å². The molecule has 1 fully saturated rings. The molecular weight excluding hydrogens is 287 g/mol. The Bertz CT molecular complexity index is 297. The van der Waals surface area contributed by atoms with Gasteiger partial charge in [0.25, 0.3) is 0 Å². The van der Waals surface area contributed by atoms with Crippen LogP contribution in [-0.2, 0) is 13.6 Å². The van der Waals surface area contributed by atoms with Gasteiger partial charge in [-0.2, -0.15) is 0 Å². The fraction of sp³-hybridized carbons (Fsp3) is 0.750. The van der Waals surface area contributed by atoms with Crippen LogP contribution in [-0.4, -0.2) is 11.5 Å². The molecule has 1 aliphatic heterocycles. The van der Waals surface area contributed by atoms with E-state index in [2.05, 4.69) is 4.52 Å². The van der Waals surface area contributed by atoms with E-state index in [0.717, 1.165) is 12.0 Å². The average Bonchev–Trinajstić information content (AvgIpc) is 2.56. The zero-order chi connectivity index (χ0) is 17.9. The minimum absolute atomic E-state index is 0.140. The molecule has 0 saturated carbocycles. The van der Waals surface area contributed by atoms with Crippen LogP contribution < -0.4 is 0 Å². The second-order valence-electron chi connectivity index (χ2n) is 2.62. The van der Waals surface area contributed by atoms with Crippen LogP contribution in [0.15, 0.2) is 23.5 Å². The summed E-state index contributed by atoms with van der Waals surface area (Å²) in [6.45, 7) is 19.9. The molecule has 1 saturated heterocycles. The van der Waals surface area contributed by atoms with Crippen molar-refractivity contribution >= 4 is 7.82 Å². The molecule has 21 heavy (non-hydrogen) atoms. The van der Waals surface area contributed by atoms with E-state index in [1.807, 2.05) is 68.4 Å². The Hall–Kier alpha value is -0.570. The number of phosphoric acid groups is 1. The highest BCUT2D eigenvalue weighted by molar-refractivity contribution is 7.47. The topological polar surface area (TPSA) is 55.8 Å². The van der Waals surface area contributed by atoms with Crippen molar-refractivity contribution in [3.63, 3.8) is 0 Å². The van der Waals surface area contributed by atoms with Gasteiger partial charge in [0.05, 0.1) is 6.61 Å². The summed E-state index contributed by atoms with van der Waals surface area (Å²) in [6, 6.07) is 0. The van der Waals surface area contributed by atoms with E-state index < -0.39 is 7.82 Å². The lowest BCUT2D eigenvalue weighted by Gasteiger charge is -2.22. The molecule has 0 aromatic rings. The van der Waals surface area contributed by atoms with E-state index in [1.165, 1.54) is 0 Å². The highest BCUT2D eigenvalue weighted by Gasteiger charge is 2.30. The molecular formula is C16H37O4P. The van der Waals surface area contributed by atoms with Gasteiger partial charge in [0.2, 0.25) is 0 Å². The minimum Gasteiger partial charge on any atom is -0.404 e. The quantitative estimate of drug-likeness (QED) is 0.561. The van der Waals surface area contributed by atoms with E-state index in [0.29, 0.717) is 5.76 Å². The standard InChI is InChI=1S/C8H13O4P.4C2H6/c1-3-5-7-6-11-13(9,10)12-8(7)4-2;4*1-2/h4-5H,3,6H2,1-2H3,(H,9,10);4*1-2H3/b7-5-,8-4+;;;;. The summed E-state index contributed by atoms with van der Waals surface area (Å²) in [5.41, 5.74) is 0.825. The predicted molar refractivity (Wildman–Crippen MR) is 94.4 cm³/mol. The van der Waals surface area contributed by atoms with Crippen LogP contribution in [0, 0.1) is 0 Å². The van der Waals surface area contributed by atoms with Crippen LogP contribution in [0.2, 0.25) is 0 Å². The highest BCUT2D eigenvalue weighted by Crippen LogP contribution is 2.50. The van der Waals surface area contributed by atoms with E-state index in [4.69, 9.17) is 9.42 Å². The average molecular weight is 324 g/mol. The summed E-state index contributed by atoms with van der Waals surface area (Å²) in [6.07, 6.45) is 4.41. The van der Waals surface area contributed by atoms with E-state index in [9.17, 15) is 4.57 Å². The second-order valence-corrected chi connectivity index (χ2v) is 4.00. The van der Waals surface area contributed by atoms with Gasteiger partial charge in [-0.3, -0.25) is 9.42 Å². The zero-order valence-corrected chi connectivity index (χ0v) is 16.6. The van der Waals surface area contributed by atoms with Crippen molar-refractivity contribution in [1.29, 1.82) is 0 Å². The van der Waals surface area contributed by atoms with Crippen molar-refractivity contribution in [2.75, 3.05) is 6.61 Å². The van der Waals surface area contributed by atoms with Crippen LogP contribution in [0.5, 0.6) is 0 Å². The molecule has 0 amide bonds. The molecule has 0 aliphatic carbocycles. The summed E-state index contributed by atoms with van der Waals surface area (Å²) >= 11 is 0. The van der Waals surface area contributed by atoms with Gasteiger partial charge < -0.3 is 4.52 Å². The fourth-order valence-corrected chi connectivity index (χ4v) is 1.90. The molecule has 0 radical (unpaired) electrons. The molecule has 0 aromatic heterocycles. The normalized spacial score (nSPS) is 22.8. The monoisotopic (exact) mass is 324 g/mol. The first-order chi connectivity index (χ1) is 10.1. The van der Waals surface area contributed by atoms with Gasteiger partial charge in [0, 0.05) is 5.57 Å². The van der Waals surface area contributed by atoms with Gasteiger partial charge >= 0.3 is 7.82 Å². The number of phosphoric ester groups is 1. The first-order valence-electron chi connectivity index (χ1n) is 8.11. The van der Waals surface area contributed by atoms with Gasteiger partial charge in [0.1, 0.15) is 5.76 Å². The number of rotatable bonds is 1. The zero-order valence-electron chi connectivity index (χ0n) is 15.7. The predicted octanol–water partition coefficient (Wildman–Crippen LogP) is 6.48. The molecule has 4 nitrogen and oxygen atoms in total. The van der Waals surface area contributed by atoms with Crippen LogP contribution in [0.3, 0.4) is 0 Å². The summed E-state index contributed by atoms with van der Waals surface area (Å²) < 4.78 is 20.4. The Morgan fingerprint density at radius 1 is 1.10 bits per heavy atom. The molecule has 0 aromatic carbocycles. The van der Waals surface area contributed by atoms with Crippen molar-refractivity contribution in [1.82, 2.24) is 0 Å². The lowest BCUT2D eigenvalue weighted by atomic mass is 10.2. The Morgan fingerprint density at radius 3 is 1.86 bits per heavy atom. The van der Waals surface area contributed by atoms with E-state index in [-0.39, 0.29) is 6.61 Å². The van der Waals surface area contributed by atoms with E-state index in [1.54, 1.807) is 13.0 Å². The Balaban J connectivity index is -0.000000156. The molecule has 5 heteroatoms. The molecule has 1 N–H and O–H groups in total. The van der Waals surface area contributed by atoms with Crippen molar-refractivity contribution in [2.45, 2.75) is 75.7 Å². The summed E-state index contributed by atoms with van der Waals surface area (Å²) in [5, 5.41) is 0. The van der Waals surface area contributed by atoms with Crippen molar-refractivity contribution < 1.29 is 18.5 Å². The first-order valence-corrected chi connectivity index (χ1v) is 9.61. The molecule has 130 valence electrons. The van der Waals surface area contributed by atoms with Gasteiger partial charge in [-0.25, -0.2) is 4.57 Å². The molecule has 1 heterocycles. The molecule has 1 atom stereocenters. The Labute approximate surface area is 132 Å². The third-order valence-corrected chi connectivity index (χ3v) is 2.51. The maximum Gasteiger partial charge on any atom is 0.527 e. The van der Waals surface area contributed by atoms with Crippen molar-refractivity contribution in [3.05, 3.63) is 23.5 Å². The van der Waals surface area contributed by atoms with Crippen LogP contribution >= 0.6 is 7.82 Å². The molecule has 0 spiro atoms. The van der Waals surface area contributed by atoms with Gasteiger partial charge in [-0.05, 0) is 19.4 Å². The highest BCUT2D eigenvalue weighted by atomic mass is 31.2. The third-order valence-electron chi connectivity index (χ3n) is 1.63. The van der Waals surface area contributed by atoms with Crippen molar-refractivity contribution in [2.24, 2.45) is 0 Å². The molecule has 1 aliphatic rings. The summed E-state index contributed by atoms with van der Waals surface area (Å²) in [7, 11) is -3.83. The third kappa shape index (κ3) is 15.6. The lowest BCUT2D eigenvalue weighted by Crippen LogP contribution is -2.10. The Morgan fingerprint density at radius 2 is 1.52 bits per heavy atom. The number of hydrogen-bond donors (Lipinski definition) is 1. The van der Waals surface area contributed by atoms with Crippen LogP contribution in [0.4, 0.5) is 0 Å². The van der Waals surface area contributed by atoms with Crippen molar-refractivity contribution in [3.8, 4) is 0 Å². The van der Waals surface area contributed by atoms with Gasteiger partial charge in [-0.15, -0.1) is 0 Å². The summed E-state index contributed by atoms with van der Waals surface area (Å²) in [4.78, 5) is 9.01. The minimum atomic E-state index is -3.83. The summed E-state index contributed by atoms with van der Waals surface area (Å²) in [5.74, 6) is 0.443. The maximum absolute atomic E-state index is 11.0. The SMILES string of the molecule is C/C=C1/OP(=O)(O)OC/C1=C/CC.CC.CC.CC.CC. The lowest BCUT2D eigenvalue weighted by molar-refractivity contribution is 0.166. The first kappa shape index (κ1) is 28.6. The molecule has 1 rings (SSSR count). The van der Waals surface area contributed by atoms with Crippen LogP contribution in [0.1, 0.15) is 75.7 Å². The largest absolute Gasteiger partial charge is 0.527 e. The van der Waals surface area contributed by atoms with Gasteiger partial charge in [0.15, 0.2) is 0 Å². The maximum atomic E-state index is 11.0. The molecule has 1 unspecified atom stereocenters. The second kappa shape index (κ2) is 21.7. The fourth-order valence-electron chi connectivity index (χ4n) is 1.08. The number of hydrogen-bond acceptors (Lipinski definition) is 3. The van der Waals surface area contributed by atoms with E-state index >= 15 is 0 Å². The Kier molecular flexibility index (Phi) is 29.6. The molecule has 0 bridgehead atoms. The number of allylic oxidation sites excluding steroid dienone is 2. The van der Waals surface area contributed by atoms with Gasteiger partial charge in [-0.1, -0.05) is 68.4 Å². The smallest absolute Gasteiger partial charge is 0.404 e.